The van der Waals surface area contributed by atoms with E-state index in [-0.39, 0.29) is 11.8 Å². The first-order valence-electron chi connectivity index (χ1n) is 6.85. The molecule has 0 aromatic heterocycles. The van der Waals surface area contributed by atoms with Crippen molar-refractivity contribution in [1.82, 2.24) is 5.32 Å². The van der Waals surface area contributed by atoms with Crippen LogP contribution in [0.5, 0.6) is 0 Å². The van der Waals surface area contributed by atoms with Gasteiger partial charge in [-0.05, 0) is 43.5 Å². The molecule has 2 N–H and O–H groups in total. The smallest absolute Gasteiger partial charge is 0.251 e. The number of aryl methyl sites for hydroxylation is 1. The number of rotatable bonds is 4. The van der Waals surface area contributed by atoms with Crippen LogP contribution in [-0.2, 0) is 11.2 Å². The molecular weight excluding hydrogens is 256 g/mol. The second-order valence-electron chi connectivity index (χ2n) is 5.19. The van der Waals surface area contributed by atoms with Crippen molar-refractivity contribution in [3.63, 3.8) is 0 Å². The van der Waals surface area contributed by atoms with Crippen LogP contribution in [0.2, 0.25) is 0 Å². The summed E-state index contributed by atoms with van der Waals surface area (Å²) in [5, 5.41) is 11.9. The fourth-order valence-corrected chi connectivity index (χ4v) is 2.29. The summed E-state index contributed by atoms with van der Waals surface area (Å²) >= 11 is 0. The van der Waals surface area contributed by atoms with Gasteiger partial charge in [-0.2, -0.15) is 0 Å². The third-order valence-corrected chi connectivity index (χ3v) is 3.53. The second kappa shape index (κ2) is 6.05. The van der Waals surface area contributed by atoms with E-state index in [4.69, 9.17) is 5.11 Å². The van der Waals surface area contributed by atoms with E-state index in [1.807, 2.05) is 12.1 Å². The van der Waals surface area contributed by atoms with Gasteiger partial charge in [0, 0.05) is 31.3 Å². The zero-order valence-electron chi connectivity index (χ0n) is 11.8. The van der Waals surface area contributed by atoms with E-state index in [1.54, 1.807) is 24.9 Å². The van der Waals surface area contributed by atoms with Crippen LogP contribution in [0.25, 0.3) is 0 Å². The van der Waals surface area contributed by atoms with Crippen LogP contribution in [0.1, 0.15) is 35.7 Å². The molecule has 0 aliphatic carbocycles. The quantitative estimate of drug-likeness (QED) is 0.865. The highest BCUT2D eigenvalue weighted by atomic mass is 16.3. The first-order valence-corrected chi connectivity index (χ1v) is 6.85. The minimum Gasteiger partial charge on any atom is -0.393 e. The fraction of sp³-hybridized carbons (Fsp3) is 0.467. The predicted molar refractivity (Wildman–Crippen MR) is 76.8 cm³/mol. The number of carbonyl (C=O) groups is 2. The third kappa shape index (κ3) is 3.17. The zero-order valence-corrected chi connectivity index (χ0v) is 11.8. The van der Waals surface area contributed by atoms with E-state index in [9.17, 15) is 9.59 Å². The van der Waals surface area contributed by atoms with Gasteiger partial charge in [0.15, 0.2) is 0 Å². The summed E-state index contributed by atoms with van der Waals surface area (Å²) in [5.41, 5.74) is 2.49. The van der Waals surface area contributed by atoms with E-state index >= 15 is 0 Å². The highest BCUT2D eigenvalue weighted by molar-refractivity contribution is 5.98. The highest BCUT2D eigenvalue weighted by Gasteiger charge is 2.21. The first kappa shape index (κ1) is 14.5. The molecular formula is C15H20N2O3. The van der Waals surface area contributed by atoms with E-state index in [0.717, 1.165) is 11.3 Å². The van der Waals surface area contributed by atoms with Crippen molar-refractivity contribution in [3.8, 4) is 0 Å². The number of hydrogen-bond acceptors (Lipinski definition) is 3. The van der Waals surface area contributed by atoms with E-state index in [2.05, 4.69) is 5.32 Å². The maximum absolute atomic E-state index is 12.0. The van der Waals surface area contributed by atoms with Crippen LogP contribution >= 0.6 is 0 Å². The van der Waals surface area contributed by atoms with Crippen LogP contribution in [-0.4, -0.2) is 36.6 Å². The molecule has 5 nitrogen and oxygen atoms in total. The summed E-state index contributed by atoms with van der Waals surface area (Å²) in [7, 11) is 1.75. The molecule has 1 unspecified atom stereocenters. The maximum Gasteiger partial charge on any atom is 0.251 e. The predicted octanol–water partition coefficient (Wildman–Crippen LogP) is 1.10. The van der Waals surface area contributed by atoms with Crippen LogP contribution in [0.15, 0.2) is 18.2 Å². The Kier molecular flexibility index (Phi) is 4.39. The molecule has 1 atom stereocenters. The first-order chi connectivity index (χ1) is 9.49. The van der Waals surface area contributed by atoms with Crippen LogP contribution in [0.4, 0.5) is 5.69 Å². The lowest BCUT2D eigenvalue weighted by Gasteiger charge is -2.26. The molecule has 0 fully saturated rings. The van der Waals surface area contributed by atoms with Gasteiger partial charge in [0.05, 0.1) is 6.10 Å². The largest absolute Gasteiger partial charge is 0.393 e. The minimum absolute atomic E-state index is 0.103. The molecule has 0 saturated carbocycles. The molecule has 0 spiro atoms. The van der Waals surface area contributed by atoms with Crippen LogP contribution < -0.4 is 10.2 Å². The van der Waals surface area contributed by atoms with E-state index in [1.165, 1.54) is 0 Å². The van der Waals surface area contributed by atoms with Crippen molar-refractivity contribution in [1.29, 1.82) is 0 Å². The number of anilines is 1. The number of nitrogens with one attached hydrogen (secondary N) is 1. The molecule has 0 bridgehead atoms. The Labute approximate surface area is 118 Å². The molecule has 0 saturated heterocycles. The molecule has 1 aliphatic heterocycles. The van der Waals surface area contributed by atoms with Crippen LogP contribution in [0.3, 0.4) is 0 Å². The third-order valence-electron chi connectivity index (χ3n) is 3.53. The fourth-order valence-electron chi connectivity index (χ4n) is 2.29. The Bertz CT molecular complexity index is 526. The van der Waals surface area contributed by atoms with Gasteiger partial charge >= 0.3 is 0 Å². The van der Waals surface area contributed by atoms with Gasteiger partial charge in [0.1, 0.15) is 0 Å². The lowest BCUT2D eigenvalue weighted by molar-refractivity contribution is -0.118. The highest BCUT2D eigenvalue weighted by Crippen LogP contribution is 2.27. The summed E-state index contributed by atoms with van der Waals surface area (Å²) in [6.45, 7) is 2.14. The van der Waals surface area contributed by atoms with Crippen molar-refractivity contribution < 1.29 is 14.7 Å². The van der Waals surface area contributed by atoms with Gasteiger partial charge in [-0.15, -0.1) is 0 Å². The van der Waals surface area contributed by atoms with Crippen molar-refractivity contribution in [2.45, 2.75) is 32.3 Å². The Morgan fingerprint density at radius 3 is 2.90 bits per heavy atom. The van der Waals surface area contributed by atoms with Gasteiger partial charge in [0.25, 0.3) is 5.91 Å². The normalized spacial score (nSPS) is 15.8. The lowest BCUT2D eigenvalue weighted by atomic mass is 9.99. The molecule has 1 aliphatic rings. The molecule has 2 amide bonds. The molecule has 108 valence electrons. The Balaban J connectivity index is 2.07. The Hall–Kier alpha value is -1.88. The number of aliphatic hydroxyl groups excluding tert-OH is 1. The Morgan fingerprint density at radius 2 is 2.20 bits per heavy atom. The minimum atomic E-state index is -0.418. The van der Waals surface area contributed by atoms with Gasteiger partial charge in [-0.3, -0.25) is 9.59 Å². The number of aliphatic hydroxyl groups is 1. The maximum atomic E-state index is 12.0. The van der Waals surface area contributed by atoms with Crippen molar-refractivity contribution in [2.75, 3.05) is 18.5 Å². The van der Waals surface area contributed by atoms with Gasteiger partial charge < -0.3 is 15.3 Å². The number of amides is 2. The van der Waals surface area contributed by atoms with Gasteiger partial charge in [-0.1, -0.05) is 0 Å². The van der Waals surface area contributed by atoms with E-state index < -0.39 is 6.10 Å². The van der Waals surface area contributed by atoms with Crippen molar-refractivity contribution in [2.24, 2.45) is 0 Å². The molecule has 1 aromatic carbocycles. The van der Waals surface area contributed by atoms with Gasteiger partial charge in [0.2, 0.25) is 5.91 Å². The topological polar surface area (TPSA) is 69.6 Å². The number of fused-ring (bicyclic) bond motifs is 1. The second-order valence-corrected chi connectivity index (χ2v) is 5.19. The summed E-state index contributed by atoms with van der Waals surface area (Å²) < 4.78 is 0. The lowest BCUT2D eigenvalue weighted by Crippen LogP contribution is -2.31. The summed E-state index contributed by atoms with van der Waals surface area (Å²) in [6.07, 6.45) is 1.27. The number of carbonyl (C=O) groups excluding carboxylic acids is 2. The van der Waals surface area contributed by atoms with Crippen molar-refractivity contribution >= 4 is 17.5 Å². The molecule has 0 radical (unpaired) electrons. The van der Waals surface area contributed by atoms with Crippen molar-refractivity contribution in [3.05, 3.63) is 29.3 Å². The molecule has 5 heteroatoms. The molecule has 1 heterocycles. The summed E-state index contributed by atoms with van der Waals surface area (Å²) in [4.78, 5) is 25.2. The average molecular weight is 276 g/mol. The van der Waals surface area contributed by atoms with Crippen LogP contribution in [0, 0.1) is 0 Å². The Morgan fingerprint density at radius 1 is 1.45 bits per heavy atom. The number of nitrogens with zero attached hydrogens (tertiary/aromatic N) is 1. The van der Waals surface area contributed by atoms with E-state index in [0.29, 0.717) is 31.4 Å². The molecule has 20 heavy (non-hydrogen) atoms. The summed E-state index contributed by atoms with van der Waals surface area (Å²) in [6, 6.07) is 5.39. The zero-order chi connectivity index (χ0) is 14.7. The van der Waals surface area contributed by atoms with Gasteiger partial charge in [-0.25, -0.2) is 0 Å². The standard InChI is InChI=1S/C15H20N2O3/c1-10(18)7-8-16-15(20)12-3-5-13-11(9-12)4-6-14(19)17(13)2/h3,5,9-10,18H,4,6-8H2,1-2H3,(H,16,20). The SMILES string of the molecule is CC(O)CCNC(=O)c1ccc2c(c1)CCC(=O)N2C. The monoisotopic (exact) mass is 276 g/mol. The number of benzene rings is 1. The average Bonchev–Trinajstić information content (AvgIpc) is 2.42. The molecule has 2 rings (SSSR count). The summed E-state index contributed by atoms with van der Waals surface area (Å²) in [5.74, 6) is -0.0420. The molecule has 1 aromatic rings. The number of hydrogen-bond donors (Lipinski definition) is 2.